The summed E-state index contributed by atoms with van der Waals surface area (Å²) in [6, 6.07) is 17.8. The monoisotopic (exact) mass is 514 g/mol. The van der Waals surface area contributed by atoms with Gasteiger partial charge >= 0.3 is 0 Å². The van der Waals surface area contributed by atoms with E-state index < -0.39 is 0 Å². The van der Waals surface area contributed by atoms with Crippen LogP contribution in [0.1, 0.15) is 33.3 Å². The van der Waals surface area contributed by atoms with Gasteiger partial charge in [-0.25, -0.2) is 9.67 Å². The highest BCUT2D eigenvalue weighted by Gasteiger charge is 2.23. The van der Waals surface area contributed by atoms with Crippen molar-refractivity contribution >= 4 is 23.2 Å². The molecule has 186 valence electrons. The number of amides is 1. The lowest BCUT2D eigenvalue weighted by Gasteiger charge is -2.10. The Bertz CT molecular complexity index is 1610. The fourth-order valence-electron chi connectivity index (χ4n) is 3.94. The minimum atomic E-state index is -0.358. The van der Waals surface area contributed by atoms with Gasteiger partial charge in [-0.3, -0.25) is 4.79 Å². The van der Waals surface area contributed by atoms with E-state index in [4.69, 9.17) is 20.9 Å². The average Bonchev–Trinajstić information content (AvgIpc) is 3.41. The molecule has 3 heterocycles. The van der Waals surface area contributed by atoms with Crippen LogP contribution in [0.3, 0.4) is 0 Å². The predicted octanol–water partition coefficient (Wildman–Crippen LogP) is 6.25. The van der Waals surface area contributed by atoms with Crippen molar-refractivity contribution in [2.45, 2.75) is 27.7 Å². The van der Waals surface area contributed by atoms with E-state index >= 15 is 0 Å². The number of benzene rings is 2. The first-order chi connectivity index (χ1) is 17.8. The summed E-state index contributed by atoms with van der Waals surface area (Å²) in [6.07, 6.45) is 0. The van der Waals surface area contributed by atoms with E-state index in [-0.39, 0.29) is 5.91 Å². The third-order valence-corrected chi connectivity index (χ3v) is 5.91. The molecule has 0 atom stereocenters. The van der Waals surface area contributed by atoms with Crippen LogP contribution in [-0.4, -0.2) is 30.8 Å². The average molecular weight is 515 g/mol. The summed E-state index contributed by atoms with van der Waals surface area (Å²) in [5, 5.41) is 11.9. The van der Waals surface area contributed by atoms with Crippen molar-refractivity contribution < 1.29 is 14.1 Å². The molecule has 2 aromatic carbocycles. The van der Waals surface area contributed by atoms with Crippen LogP contribution in [0.15, 0.2) is 65.2 Å². The van der Waals surface area contributed by atoms with Gasteiger partial charge in [0.1, 0.15) is 28.6 Å². The Morgan fingerprint density at radius 2 is 1.76 bits per heavy atom. The Kier molecular flexibility index (Phi) is 6.45. The maximum absolute atomic E-state index is 13.1. The first-order valence-corrected chi connectivity index (χ1v) is 11.9. The molecule has 0 saturated heterocycles. The van der Waals surface area contributed by atoms with Gasteiger partial charge in [-0.05, 0) is 64.1 Å². The molecule has 1 amide bonds. The lowest BCUT2D eigenvalue weighted by molar-refractivity contribution is 0.102. The maximum atomic E-state index is 13.1. The van der Waals surface area contributed by atoms with Gasteiger partial charge in [0.15, 0.2) is 5.82 Å². The van der Waals surface area contributed by atoms with Crippen molar-refractivity contribution in [1.29, 1.82) is 0 Å². The molecule has 5 aromatic rings. The van der Waals surface area contributed by atoms with Crippen LogP contribution in [0.25, 0.3) is 17.1 Å². The lowest BCUT2D eigenvalue weighted by Crippen LogP contribution is -2.13. The van der Waals surface area contributed by atoms with Crippen LogP contribution in [0.4, 0.5) is 5.69 Å². The number of carbonyl (C=O) groups is 1. The SMILES string of the molecule is Cc1cc(C)n(-c2cc(Oc3ccc(NC(=O)c4c(-c5ccccc5Cl)noc4C)cc3)nc(C)n2)n1. The number of carbonyl (C=O) groups excluding carboxylic acids is 1. The molecule has 0 fully saturated rings. The molecule has 0 aliphatic carbocycles. The minimum absolute atomic E-state index is 0.321. The van der Waals surface area contributed by atoms with E-state index in [0.29, 0.717) is 56.6 Å². The van der Waals surface area contributed by atoms with E-state index in [0.717, 1.165) is 11.4 Å². The number of hydrogen-bond acceptors (Lipinski definition) is 7. The zero-order valence-electron chi connectivity index (χ0n) is 20.6. The number of ether oxygens (including phenoxy) is 1. The summed E-state index contributed by atoms with van der Waals surface area (Å²) in [4.78, 5) is 22.0. The molecular formula is C27H23ClN6O3. The second kappa shape index (κ2) is 9.87. The van der Waals surface area contributed by atoms with Gasteiger partial charge in [0.25, 0.3) is 5.91 Å². The van der Waals surface area contributed by atoms with Gasteiger partial charge in [0.05, 0.1) is 10.7 Å². The molecule has 0 spiro atoms. The third kappa shape index (κ3) is 5.07. The highest BCUT2D eigenvalue weighted by atomic mass is 35.5. The molecule has 3 aromatic heterocycles. The molecule has 0 radical (unpaired) electrons. The van der Waals surface area contributed by atoms with Gasteiger partial charge in [-0.15, -0.1) is 0 Å². The summed E-state index contributed by atoms with van der Waals surface area (Å²) in [5.41, 5.74) is 3.76. The number of anilines is 1. The maximum Gasteiger partial charge on any atom is 0.261 e. The van der Waals surface area contributed by atoms with Crippen LogP contribution in [0, 0.1) is 27.7 Å². The number of halogens is 1. The van der Waals surface area contributed by atoms with E-state index in [2.05, 4.69) is 25.5 Å². The molecule has 0 unspecified atom stereocenters. The third-order valence-electron chi connectivity index (χ3n) is 5.58. The summed E-state index contributed by atoms with van der Waals surface area (Å²) < 4.78 is 13.0. The molecule has 5 rings (SSSR count). The molecule has 0 saturated carbocycles. The van der Waals surface area contributed by atoms with E-state index in [1.54, 1.807) is 61.0 Å². The van der Waals surface area contributed by atoms with Crippen LogP contribution < -0.4 is 10.1 Å². The number of nitrogens with zero attached hydrogens (tertiary/aromatic N) is 5. The lowest BCUT2D eigenvalue weighted by atomic mass is 10.1. The standard InChI is InChI=1S/C27H23ClN6O3/c1-15-13-16(2)34(32-15)23-14-24(30-18(4)29-23)36-20-11-9-19(10-12-20)31-27(35)25-17(3)37-33-26(25)21-7-5-6-8-22(21)28/h5-14H,1-4H3,(H,31,35). The Hall–Kier alpha value is -4.50. The highest BCUT2D eigenvalue weighted by Crippen LogP contribution is 2.32. The van der Waals surface area contributed by atoms with Crippen molar-refractivity contribution in [3.05, 3.63) is 94.2 Å². The smallest absolute Gasteiger partial charge is 0.261 e. The van der Waals surface area contributed by atoms with Crippen LogP contribution in [0.5, 0.6) is 11.6 Å². The van der Waals surface area contributed by atoms with Gasteiger partial charge < -0.3 is 14.6 Å². The zero-order chi connectivity index (χ0) is 26.1. The van der Waals surface area contributed by atoms with Gasteiger partial charge in [-0.1, -0.05) is 35.0 Å². The van der Waals surface area contributed by atoms with Crippen molar-refractivity contribution in [3.63, 3.8) is 0 Å². The normalized spacial score (nSPS) is 10.9. The Labute approximate surface area is 218 Å². The summed E-state index contributed by atoms with van der Waals surface area (Å²) in [5.74, 6) is 2.15. The molecule has 37 heavy (non-hydrogen) atoms. The fraction of sp³-hybridized carbons (Fsp3) is 0.148. The second-order valence-corrected chi connectivity index (χ2v) is 8.88. The highest BCUT2D eigenvalue weighted by molar-refractivity contribution is 6.33. The largest absolute Gasteiger partial charge is 0.439 e. The Balaban J connectivity index is 1.33. The first-order valence-electron chi connectivity index (χ1n) is 11.5. The number of aromatic nitrogens is 5. The zero-order valence-corrected chi connectivity index (χ0v) is 21.4. The van der Waals surface area contributed by atoms with Crippen LogP contribution in [-0.2, 0) is 0 Å². The molecule has 0 aliphatic heterocycles. The summed E-state index contributed by atoms with van der Waals surface area (Å²) in [6.45, 7) is 7.37. The van der Waals surface area contributed by atoms with Crippen LogP contribution >= 0.6 is 11.6 Å². The fourth-order valence-corrected chi connectivity index (χ4v) is 4.17. The number of rotatable bonds is 6. The second-order valence-electron chi connectivity index (χ2n) is 8.47. The van der Waals surface area contributed by atoms with Gasteiger partial charge in [0.2, 0.25) is 5.88 Å². The van der Waals surface area contributed by atoms with Crippen molar-refractivity contribution in [2.24, 2.45) is 0 Å². The van der Waals surface area contributed by atoms with Crippen LogP contribution in [0.2, 0.25) is 5.02 Å². The van der Waals surface area contributed by atoms with Crippen molar-refractivity contribution in [2.75, 3.05) is 5.32 Å². The predicted molar refractivity (Wildman–Crippen MR) is 140 cm³/mol. The van der Waals surface area contributed by atoms with Crippen molar-refractivity contribution in [1.82, 2.24) is 24.9 Å². The van der Waals surface area contributed by atoms with Gasteiger partial charge in [-0.2, -0.15) is 10.1 Å². The Morgan fingerprint density at radius 1 is 1.00 bits per heavy atom. The molecule has 1 N–H and O–H groups in total. The summed E-state index contributed by atoms with van der Waals surface area (Å²) in [7, 11) is 0. The molecule has 0 aliphatic rings. The topological polar surface area (TPSA) is 108 Å². The minimum Gasteiger partial charge on any atom is -0.439 e. The van der Waals surface area contributed by atoms with E-state index in [1.165, 1.54) is 0 Å². The number of hydrogen-bond donors (Lipinski definition) is 1. The Morgan fingerprint density at radius 3 is 2.46 bits per heavy atom. The quantitative estimate of drug-likeness (QED) is 0.285. The summed E-state index contributed by atoms with van der Waals surface area (Å²) >= 11 is 6.31. The molecular weight excluding hydrogens is 492 g/mol. The van der Waals surface area contributed by atoms with E-state index in [1.807, 2.05) is 32.0 Å². The van der Waals surface area contributed by atoms with Crippen molar-refractivity contribution in [3.8, 4) is 28.7 Å². The number of nitrogens with one attached hydrogen (secondary N) is 1. The first kappa shape index (κ1) is 24.2. The number of aryl methyl sites for hydroxylation is 4. The molecule has 9 nitrogen and oxygen atoms in total. The molecule has 0 bridgehead atoms. The molecule has 10 heteroatoms. The van der Waals surface area contributed by atoms with Gasteiger partial charge in [0, 0.05) is 23.0 Å². The van der Waals surface area contributed by atoms with E-state index in [9.17, 15) is 4.79 Å².